The first-order valence-electron chi connectivity index (χ1n) is 51.7. The van der Waals surface area contributed by atoms with Crippen LogP contribution in [0.3, 0.4) is 0 Å². The molecule has 1 aromatic carbocycles. The number of nitro groups is 1. The number of hydrogen-bond acceptors (Lipinski definition) is 29. The van der Waals surface area contributed by atoms with Gasteiger partial charge in [0.05, 0.1) is 55.5 Å². The number of nitriles is 2. The van der Waals surface area contributed by atoms with Gasteiger partial charge in [-0.2, -0.15) is 15.5 Å². The highest BCUT2D eigenvalue weighted by Gasteiger charge is 2.17. The molecule has 0 unspecified atom stereocenters. The molecule has 37 heteroatoms. The Kier molecular flexibility index (Phi) is 106. The molecule has 36 nitrogen and oxygen atoms in total. The van der Waals surface area contributed by atoms with Crippen LogP contribution in [0.1, 0.15) is 225 Å². The summed E-state index contributed by atoms with van der Waals surface area (Å²) in [5.41, 5.74) is 11.6. The number of aliphatic imine (C=N–C) groups is 5. The van der Waals surface area contributed by atoms with Gasteiger partial charge in [0.2, 0.25) is 18.3 Å². The summed E-state index contributed by atoms with van der Waals surface area (Å²) in [6.45, 7) is 47.6. The average Bonchev–Trinajstić information content (AvgIpc) is 1.75. The number of piperidine rings is 2. The molecule has 0 radical (unpaired) electrons. The quantitative estimate of drug-likeness (QED) is 0.00744. The number of guanidine groups is 3. The predicted molar refractivity (Wildman–Crippen MR) is 593 cm³/mol. The van der Waals surface area contributed by atoms with Crippen molar-refractivity contribution in [2.24, 2.45) is 41.5 Å². The number of nitrogens with zero attached hydrogens (tertiary/aromatic N) is 20. The van der Waals surface area contributed by atoms with Crippen molar-refractivity contribution in [1.82, 2.24) is 80.5 Å². The van der Waals surface area contributed by atoms with Gasteiger partial charge in [-0.1, -0.05) is 122 Å². The zero-order chi connectivity index (χ0) is 105. The van der Waals surface area contributed by atoms with Crippen LogP contribution in [0, 0.1) is 57.7 Å². The molecule has 808 valence electrons. The van der Waals surface area contributed by atoms with Crippen molar-refractivity contribution in [2.75, 3.05) is 317 Å². The van der Waals surface area contributed by atoms with Crippen LogP contribution in [0.4, 0.5) is 0 Å². The van der Waals surface area contributed by atoms with E-state index in [-0.39, 0.29) is 11.7 Å². The average molecular weight is 1980 g/mol. The number of hydrazone groups is 1. The molecular formula is C102H207N29O7S. The summed E-state index contributed by atoms with van der Waals surface area (Å²) in [4.78, 5) is 55.8. The molecule has 8 heterocycles. The first kappa shape index (κ1) is 139. The second-order valence-electron chi connectivity index (χ2n) is 35.1. The number of thiophene rings is 1. The van der Waals surface area contributed by atoms with E-state index in [9.17, 15) is 10.1 Å². The van der Waals surface area contributed by atoms with Crippen molar-refractivity contribution in [3.8, 4) is 12.4 Å². The van der Waals surface area contributed by atoms with Gasteiger partial charge in [-0.25, -0.2) is 10.1 Å². The van der Waals surface area contributed by atoms with Gasteiger partial charge in [0.25, 0.3) is 0 Å². The number of likely N-dealkylation sites (tertiary alicyclic amines) is 3. The summed E-state index contributed by atoms with van der Waals surface area (Å²) in [7, 11) is 31.9. The van der Waals surface area contributed by atoms with E-state index in [1.807, 2.05) is 114 Å². The monoisotopic (exact) mass is 1980 g/mol. The number of nitrogens with two attached hydrogens (primary N) is 2. The lowest BCUT2D eigenvalue weighted by atomic mass is 10.1. The summed E-state index contributed by atoms with van der Waals surface area (Å²) < 4.78 is 24.4. The Bertz CT molecular complexity index is 3260. The number of amidine groups is 5. The molecule has 0 saturated carbocycles. The van der Waals surface area contributed by atoms with Gasteiger partial charge in [0, 0.05) is 228 Å². The summed E-state index contributed by atoms with van der Waals surface area (Å²) in [6, 6.07) is 14.4. The number of hydrogen-bond donors (Lipinski definition) is 9. The Balaban J connectivity index is -0.000000465. The zero-order valence-electron chi connectivity index (χ0n) is 92.5. The van der Waals surface area contributed by atoms with Crippen molar-refractivity contribution in [2.45, 2.75) is 228 Å². The minimum atomic E-state index is -0.803. The smallest absolute Gasteiger partial charge is 0.211 e. The minimum absolute atomic E-state index is 0.0343. The van der Waals surface area contributed by atoms with Crippen LogP contribution in [0.5, 0.6) is 0 Å². The number of aryl methyl sites for hydroxylation is 2. The lowest BCUT2D eigenvalue weighted by Gasteiger charge is -2.26. The number of likely N-dealkylation sites (N-methyl/N-ethyl adjacent to an activating group) is 5. The summed E-state index contributed by atoms with van der Waals surface area (Å²) in [6.07, 6.45) is 36.5. The fourth-order valence-corrected chi connectivity index (χ4v) is 14.0. The van der Waals surface area contributed by atoms with Gasteiger partial charge in [0.1, 0.15) is 5.84 Å². The van der Waals surface area contributed by atoms with Gasteiger partial charge in [-0.15, -0.1) is 16.3 Å². The van der Waals surface area contributed by atoms with E-state index in [0.717, 1.165) is 187 Å². The maximum Gasteiger partial charge on any atom is 0.211 e. The van der Waals surface area contributed by atoms with Gasteiger partial charge in [0.15, 0.2) is 22.8 Å². The first-order chi connectivity index (χ1) is 67.0. The van der Waals surface area contributed by atoms with Crippen LogP contribution < -0.4 is 38.1 Å². The highest BCUT2D eigenvalue weighted by Crippen LogP contribution is 2.13. The fourth-order valence-electron chi connectivity index (χ4n) is 13.5. The third-order valence-electron chi connectivity index (χ3n) is 21.8. The molecule has 0 amide bonds. The number of unbranched alkanes of at least 4 members (excludes halogenated alkanes) is 5. The van der Waals surface area contributed by atoms with Crippen LogP contribution in [0.25, 0.3) is 0 Å². The van der Waals surface area contributed by atoms with Gasteiger partial charge < -0.3 is 111 Å². The predicted octanol–water partition coefficient (Wildman–Crippen LogP) is 13.4. The van der Waals surface area contributed by atoms with E-state index in [1.165, 1.54) is 191 Å². The number of methoxy groups -OCH3 is 4. The van der Waals surface area contributed by atoms with Crippen LogP contribution >= 0.6 is 11.3 Å². The van der Waals surface area contributed by atoms with E-state index >= 15 is 0 Å². The molecular weight excluding hydrogens is 1780 g/mol. The third-order valence-corrected chi connectivity index (χ3v) is 22.6. The van der Waals surface area contributed by atoms with E-state index < -0.39 is 5.03 Å². The van der Waals surface area contributed by atoms with Crippen LogP contribution in [0.2, 0.25) is 0 Å². The number of rotatable bonds is 42. The first-order valence-corrected chi connectivity index (χ1v) is 52.5. The Labute approximate surface area is 851 Å². The molecule has 0 bridgehead atoms. The number of ether oxygens (including phenoxy) is 5. The molecule has 7 aliphatic rings. The standard InChI is InChI=1S/C9H18N4.2C9H19N.C8H18N4.C8H15N3O.C8H17NO.C8H17N.C7H16N4.C7H15N3.C7H16N2O.C7H8.C5H11N3O3.C5H12N2O.C5H6S/c1-5-6-7-13(4)9(11-8-10)12(2)3;2*1-2-3-7-10-8-5-4-6-9-10;1-9-4-6-11(2)8-10-5-7-12(8)3;1-11(2)8(10-7-9)5-4-6-12-3;1-2-3-4-9-5-7-10-8-6-9;1-2-3-6-9-7-4-5-8-9;1-8-5-6-11(2)7-9-3-4-10-7;1-8-4-2-3-7-9-5-6-10-7;1-9(2)7(8)5-4-6-10-3;1-7-5-3-2-4-6-7;1-11-4-2-3-5(6)7-8(9)10;1-8-4-2-3-5(6)7;1-5-3-2-4-6-5/h5-7H2,1-4H3;2*2-9H2,1H3;9H,4-7H2,1-3H3;4-6H2,1-3H3;2-8H2,1H3;2-8H2,1H3;8H,3-6H2,1-2H3,(H,9,10);8H,2-6H2,1H3,(H,9,10);8H,4-6H2,1-3H3;2-6H,1H3;2-4H2,1H3,(H2,6,7);2-4H2,1H3,(H3,6,7);2-4H,1H3. The number of nitrogens with one attached hydrogen (secondary N) is 7. The third kappa shape index (κ3) is 95.9. The van der Waals surface area contributed by atoms with Crippen molar-refractivity contribution in [3.05, 3.63) is 68.4 Å². The molecule has 139 heavy (non-hydrogen) atoms. The normalized spacial score (nSPS) is 14.8. The topological polar surface area (TPSA) is 407 Å². The van der Waals surface area contributed by atoms with Crippen LogP contribution in [-0.2, 0) is 23.7 Å². The maximum atomic E-state index is 9.75. The van der Waals surface area contributed by atoms with Gasteiger partial charge >= 0.3 is 0 Å². The van der Waals surface area contributed by atoms with E-state index in [2.05, 4.69) is 190 Å². The maximum absolute atomic E-state index is 9.75. The number of morpholine rings is 1. The SMILES string of the molecule is CCCCN(C)C(=NC#N)N(C)C.CCCCN1CCCC1.CCCCN1CCCCC1.CCCCN1CCCCC1.CCCCN1CCOCC1.CNCCCC1=NCCN1.CNCCN(C)C1=NCCN1.CNCCN(C)C1=NCCN1C.COCCC/C(N)=N/[N+](=O)[O-].COCCCC(=N)N.COCCCC(=N)N(C)C.COCCCC(=NC#N)N(C)C.Cc1ccccc1.Cc1cccs1. The Morgan fingerprint density at radius 1 is 0.532 bits per heavy atom. The Morgan fingerprint density at radius 3 is 1.35 bits per heavy atom. The van der Waals surface area contributed by atoms with Crippen molar-refractivity contribution < 1.29 is 28.7 Å². The van der Waals surface area contributed by atoms with Crippen molar-refractivity contribution >= 4 is 58.4 Å². The molecule has 7 aliphatic heterocycles. The highest BCUT2D eigenvalue weighted by atomic mass is 32.1. The lowest BCUT2D eigenvalue weighted by molar-refractivity contribution is -0.485. The van der Waals surface area contributed by atoms with Gasteiger partial charge in [-0.3, -0.25) is 30.7 Å². The second-order valence-corrected chi connectivity index (χ2v) is 36.3. The zero-order valence-corrected chi connectivity index (χ0v) is 93.3. The van der Waals surface area contributed by atoms with E-state index in [1.54, 1.807) is 46.0 Å². The van der Waals surface area contributed by atoms with Crippen molar-refractivity contribution in [1.29, 1.82) is 21.3 Å². The van der Waals surface area contributed by atoms with Crippen molar-refractivity contribution in [3.63, 3.8) is 0 Å². The van der Waals surface area contributed by atoms with E-state index in [0.29, 0.717) is 44.9 Å². The molecule has 0 atom stereocenters. The molecule has 11 N–H and O–H groups in total. The van der Waals surface area contributed by atoms with E-state index in [4.69, 9.17) is 56.5 Å². The van der Waals surface area contributed by atoms with Crippen LogP contribution in [0.15, 0.2) is 77.9 Å². The molecule has 9 rings (SSSR count). The highest BCUT2D eigenvalue weighted by molar-refractivity contribution is 7.09. The molecule has 4 saturated heterocycles. The van der Waals surface area contributed by atoms with Crippen LogP contribution in [-0.4, -0.2) is 423 Å². The Hall–Kier alpha value is -8.02. The molecule has 1 aromatic heterocycles. The molecule has 4 fully saturated rings. The lowest BCUT2D eigenvalue weighted by Crippen LogP contribution is -2.40. The molecule has 0 spiro atoms. The largest absolute Gasteiger partial charge is 0.388 e. The van der Waals surface area contributed by atoms with Gasteiger partial charge in [-0.05, 0) is 221 Å². The summed E-state index contributed by atoms with van der Waals surface area (Å²) in [5, 5.41) is 60.7. The number of benzene rings is 1. The fraction of sp³-hybridized carbons (Fsp3) is 0.804. The summed E-state index contributed by atoms with van der Waals surface area (Å²) in [5.74, 6) is 5.79. The molecule has 2 aromatic rings. The Morgan fingerprint density at radius 2 is 0.986 bits per heavy atom. The summed E-state index contributed by atoms with van der Waals surface area (Å²) >= 11 is 1.78. The molecule has 0 aliphatic carbocycles. The second kappa shape index (κ2) is 106. The minimum Gasteiger partial charge on any atom is -0.388 e.